The number of pyridine rings is 1. The van der Waals surface area contributed by atoms with E-state index in [1.54, 1.807) is 24.3 Å². The zero-order valence-corrected chi connectivity index (χ0v) is 9.83. The van der Waals surface area contributed by atoms with Gasteiger partial charge in [-0.1, -0.05) is 0 Å². The van der Waals surface area contributed by atoms with Gasteiger partial charge in [0, 0.05) is 17.4 Å². The summed E-state index contributed by atoms with van der Waals surface area (Å²) in [5.41, 5.74) is 1.72. The second-order valence-corrected chi connectivity index (χ2v) is 3.74. The molecule has 0 spiro atoms. The van der Waals surface area contributed by atoms with Crippen molar-refractivity contribution in [3.63, 3.8) is 0 Å². The zero-order valence-electron chi connectivity index (χ0n) is 9.83. The number of nitrogens with one attached hydrogen (secondary N) is 1. The molecule has 1 amide bonds. The molecule has 1 aromatic heterocycles. The number of benzene rings is 1. The summed E-state index contributed by atoms with van der Waals surface area (Å²) < 4.78 is 0. The molecule has 0 fully saturated rings. The third-order valence-electron chi connectivity index (χ3n) is 2.43. The largest absolute Gasteiger partial charge is 0.321 e. The molecule has 5 heteroatoms. The van der Waals surface area contributed by atoms with Crippen LogP contribution in [0.4, 0.5) is 5.69 Å². The van der Waals surface area contributed by atoms with Gasteiger partial charge in [0.1, 0.15) is 18.0 Å². The molecule has 0 unspecified atom stereocenters. The molecule has 0 bridgehead atoms. The van der Waals surface area contributed by atoms with Crippen LogP contribution in [0.2, 0.25) is 0 Å². The summed E-state index contributed by atoms with van der Waals surface area (Å²) in [6.45, 7) is 0. The van der Waals surface area contributed by atoms with Gasteiger partial charge in [0.05, 0.1) is 5.56 Å². The first-order chi connectivity index (χ1) is 9.22. The molecule has 5 nitrogen and oxygen atoms in total. The quantitative estimate of drug-likeness (QED) is 0.846. The summed E-state index contributed by atoms with van der Waals surface area (Å²) >= 11 is 0. The first-order valence-electron chi connectivity index (χ1n) is 5.45. The maximum atomic E-state index is 11.8. The van der Waals surface area contributed by atoms with Crippen molar-refractivity contribution in [1.29, 1.82) is 5.26 Å². The highest BCUT2D eigenvalue weighted by atomic mass is 16.1. The van der Waals surface area contributed by atoms with Crippen molar-refractivity contribution >= 4 is 17.9 Å². The third-order valence-corrected chi connectivity index (χ3v) is 2.43. The average Bonchev–Trinajstić information content (AvgIpc) is 2.48. The van der Waals surface area contributed by atoms with Gasteiger partial charge in [-0.25, -0.2) is 4.98 Å². The Morgan fingerprint density at radius 3 is 2.47 bits per heavy atom. The van der Waals surface area contributed by atoms with E-state index < -0.39 is 0 Å². The van der Waals surface area contributed by atoms with Crippen LogP contribution in [0.25, 0.3) is 0 Å². The normalized spacial score (nSPS) is 9.42. The number of amides is 1. The summed E-state index contributed by atoms with van der Waals surface area (Å²) in [7, 11) is 0. The third kappa shape index (κ3) is 3.01. The number of anilines is 1. The van der Waals surface area contributed by atoms with Crippen LogP contribution in [0.5, 0.6) is 0 Å². The lowest BCUT2D eigenvalue weighted by molar-refractivity contribution is 0.102. The maximum absolute atomic E-state index is 11.8. The van der Waals surface area contributed by atoms with Crippen LogP contribution in [0.15, 0.2) is 42.6 Å². The summed E-state index contributed by atoms with van der Waals surface area (Å²) in [5.74, 6) is -0.372. The van der Waals surface area contributed by atoms with Crippen LogP contribution in [0.3, 0.4) is 0 Å². The number of aldehydes is 1. The second kappa shape index (κ2) is 5.56. The monoisotopic (exact) mass is 251 g/mol. The molecule has 2 rings (SSSR count). The molecule has 1 aromatic carbocycles. The second-order valence-electron chi connectivity index (χ2n) is 3.74. The number of nitriles is 1. The molecule has 0 saturated carbocycles. The standard InChI is InChI=1S/C14H9N3O2/c15-7-11-3-6-13(16-8-11)14(19)17-12-4-1-10(9-18)2-5-12/h1-6,8-9H,(H,17,19). The van der Waals surface area contributed by atoms with Gasteiger partial charge >= 0.3 is 0 Å². The van der Waals surface area contributed by atoms with Gasteiger partial charge in [-0.15, -0.1) is 0 Å². The molecule has 92 valence electrons. The lowest BCUT2D eigenvalue weighted by atomic mass is 10.2. The smallest absolute Gasteiger partial charge is 0.274 e. The van der Waals surface area contributed by atoms with Crippen LogP contribution in [-0.2, 0) is 0 Å². The number of carbonyl (C=O) groups is 2. The molecule has 0 atom stereocenters. The predicted octanol–water partition coefficient (Wildman–Crippen LogP) is 2.02. The first kappa shape index (κ1) is 12.5. The number of rotatable bonds is 3. The number of aromatic nitrogens is 1. The highest BCUT2D eigenvalue weighted by Crippen LogP contribution is 2.10. The Kier molecular flexibility index (Phi) is 3.64. The van der Waals surface area contributed by atoms with Crippen molar-refractivity contribution in [1.82, 2.24) is 4.98 Å². The highest BCUT2D eigenvalue weighted by molar-refractivity contribution is 6.02. The Balaban J connectivity index is 2.11. The van der Waals surface area contributed by atoms with Crippen LogP contribution < -0.4 is 5.32 Å². The Labute approximate surface area is 109 Å². The molecule has 0 saturated heterocycles. The minimum absolute atomic E-state index is 0.221. The molecular formula is C14H9N3O2. The SMILES string of the molecule is N#Cc1ccc(C(=O)Nc2ccc(C=O)cc2)nc1. The summed E-state index contributed by atoms with van der Waals surface area (Å²) in [6.07, 6.45) is 2.07. The molecule has 0 aliphatic carbocycles. The number of carbonyl (C=O) groups excluding carboxylic acids is 2. The molecule has 1 N–H and O–H groups in total. The van der Waals surface area contributed by atoms with Crippen LogP contribution in [-0.4, -0.2) is 17.2 Å². The van der Waals surface area contributed by atoms with E-state index in [1.165, 1.54) is 18.3 Å². The Morgan fingerprint density at radius 1 is 1.21 bits per heavy atom. The molecule has 0 aliphatic rings. The van der Waals surface area contributed by atoms with E-state index >= 15 is 0 Å². The van der Waals surface area contributed by atoms with Gasteiger partial charge in [0.25, 0.3) is 5.91 Å². The molecular weight excluding hydrogens is 242 g/mol. The molecule has 1 heterocycles. The van der Waals surface area contributed by atoms with Gasteiger partial charge < -0.3 is 5.32 Å². The summed E-state index contributed by atoms with van der Waals surface area (Å²) in [5, 5.41) is 11.3. The maximum Gasteiger partial charge on any atom is 0.274 e. The van der Waals surface area contributed by atoms with E-state index in [0.29, 0.717) is 16.8 Å². The van der Waals surface area contributed by atoms with E-state index in [1.807, 2.05) is 6.07 Å². The topological polar surface area (TPSA) is 82.9 Å². The fourth-order valence-electron chi connectivity index (χ4n) is 1.43. The predicted molar refractivity (Wildman–Crippen MR) is 68.7 cm³/mol. The van der Waals surface area contributed by atoms with E-state index in [0.717, 1.165) is 6.29 Å². The van der Waals surface area contributed by atoms with Crippen LogP contribution in [0.1, 0.15) is 26.4 Å². The van der Waals surface area contributed by atoms with Crippen molar-refractivity contribution in [3.8, 4) is 6.07 Å². The molecule has 0 radical (unpaired) electrons. The van der Waals surface area contributed by atoms with Gasteiger partial charge in [-0.2, -0.15) is 5.26 Å². The Hall–Kier alpha value is -3.00. The summed E-state index contributed by atoms with van der Waals surface area (Å²) in [6, 6.07) is 11.4. The average molecular weight is 251 g/mol. The Morgan fingerprint density at radius 2 is 1.95 bits per heavy atom. The van der Waals surface area contributed by atoms with Crippen LogP contribution in [0, 0.1) is 11.3 Å². The van der Waals surface area contributed by atoms with Crippen molar-refractivity contribution in [2.75, 3.05) is 5.32 Å². The number of hydrogen-bond acceptors (Lipinski definition) is 4. The minimum atomic E-state index is -0.372. The minimum Gasteiger partial charge on any atom is -0.321 e. The summed E-state index contributed by atoms with van der Waals surface area (Å²) in [4.78, 5) is 26.2. The molecule has 19 heavy (non-hydrogen) atoms. The van der Waals surface area contributed by atoms with E-state index in [-0.39, 0.29) is 11.6 Å². The van der Waals surface area contributed by atoms with E-state index in [2.05, 4.69) is 10.3 Å². The zero-order chi connectivity index (χ0) is 13.7. The van der Waals surface area contributed by atoms with Crippen molar-refractivity contribution in [2.24, 2.45) is 0 Å². The number of nitrogens with zero attached hydrogens (tertiary/aromatic N) is 2. The molecule has 2 aromatic rings. The van der Waals surface area contributed by atoms with Gasteiger partial charge in [-0.05, 0) is 36.4 Å². The van der Waals surface area contributed by atoms with Crippen molar-refractivity contribution in [2.45, 2.75) is 0 Å². The van der Waals surface area contributed by atoms with Crippen molar-refractivity contribution < 1.29 is 9.59 Å². The van der Waals surface area contributed by atoms with E-state index in [9.17, 15) is 9.59 Å². The number of hydrogen-bond donors (Lipinski definition) is 1. The van der Waals surface area contributed by atoms with Gasteiger partial charge in [0.2, 0.25) is 0 Å². The first-order valence-corrected chi connectivity index (χ1v) is 5.45. The van der Waals surface area contributed by atoms with Crippen molar-refractivity contribution in [3.05, 3.63) is 59.4 Å². The highest BCUT2D eigenvalue weighted by Gasteiger charge is 2.07. The van der Waals surface area contributed by atoms with Gasteiger partial charge in [-0.3, -0.25) is 9.59 Å². The lowest BCUT2D eigenvalue weighted by Crippen LogP contribution is -2.13. The fraction of sp³-hybridized carbons (Fsp3) is 0. The van der Waals surface area contributed by atoms with Crippen LogP contribution >= 0.6 is 0 Å². The van der Waals surface area contributed by atoms with E-state index in [4.69, 9.17) is 5.26 Å². The van der Waals surface area contributed by atoms with Gasteiger partial charge in [0.15, 0.2) is 0 Å². The fourth-order valence-corrected chi connectivity index (χ4v) is 1.43. The Bertz CT molecular complexity index is 640. The lowest BCUT2D eigenvalue weighted by Gasteiger charge is -2.04. The molecule has 0 aliphatic heterocycles.